The summed E-state index contributed by atoms with van der Waals surface area (Å²) in [6.45, 7) is -0.710. The Balaban J connectivity index is 1.52. The SMILES string of the molecule is COc1cc(C[C@@H]2C(=O)OC[C@H]2C(=O)c2ccc(O[C@@H]3O[C@H](CO)[C@@H](O)[C@H](O)[C@H]3O)c(OC)c2)ccc1O. The van der Waals surface area contributed by atoms with Gasteiger partial charge in [0, 0.05) is 5.56 Å². The molecule has 12 heteroatoms. The molecule has 2 saturated heterocycles. The van der Waals surface area contributed by atoms with Gasteiger partial charge in [0.1, 0.15) is 31.0 Å². The van der Waals surface area contributed by atoms with Gasteiger partial charge in [0.25, 0.3) is 0 Å². The molecule has 2 aliphatic heterocycles. The topological polar surface area (TPSA) is 181 Å². The number of esters is 1. The molecule has 0 aliphatic carbocycles. The van der Waals surface area contributed by atoms with Crippen molar-refractivity contribution in [1.29, 1.82) is 0 Å². The molecule has 2 heterocycles. The third-order valence-corrected chi connectivity index (χ3v) is 6.77. The number of phenolic OH excluding ortho intramolecular Hbond substituents is 1. The monoisotopic (exact) mass is 534 g/mol. The van der Waals surface area contributed by atoms with Crippen LogP contribution in [0.15, 0.2) is 36.4 Å². The smallest absolute Gasteiger partial charge is 0.310 e. The van der Waals surface area contributed by atoms with Crippen molar-refractivity contribution in [2.75, 3.05) is 27.4 Å². The van der Waals surface area contributed by atoms with Gasteiger partial charge in [0.05, 0.1) is 32.7 Å². The van der Waals surface area contributed by atoms with Crippen molar-refractivity contribution in [3.05, 3.63) is 47.5 Å². The highest BCUT2D eigenvalue weighted by molar-refractivity contribution is 6.01. The van der Waals surface area contributed by atoms with Gasteiger partial charge >= 0.3 is 5.97 Å². The summed E-state index contributed by atoms with van der Waals surface area (Å²) in [6.07, 6.45) is -7.18. The van der Waals surface area contributed by atoms with Crippen molar-refractivity contribution in [1.82, 2.24) is 0 Å². The zero-order valence-corrected chi connectivity index (χ0v) is 20.7. The molecule has 0 spiro atoms. The predicted octanol–water partition coefficient (Wildman–Crippen LogP) is -0.197. The normalized spacial score (nSPS) is 29.0. The van der Waals surface area contributed by atoms with E-state index in [1.807, 2.05) is 0 Å². The van der Waals surface area contributed by atoms with Gasteiger partial charge in [0.15, 0.2) is 28.8 Å². The molecule has 0 bridgehead atoms. The van der Waals surface area contributed by atoms with Crippen LogP contribution in [0.1, 0.15) is 15.9 Å². The molecule has 0 saturated carbocycles. The summed E-state index contributed by atoms with van der Waals surface area (Å²) in [5, 5.41) is 49.4. The Kier molecular flexibility index (Phi) is 8.38. The van der Waals surface area contributed by atoms with Crippen molar-refractivity contribution in [3.63, 3.8) is 0 Å². The Bertz CT molecular complexity index is 1160. The number of ether oxygens (including phenoxy) is 5. The maximum absolute atomic E-state index is 13.4. The second-order valence-corrected chi connectivity index (χ2v) is 9.10. The first-order valence-electron chi connectivity index (χ1n) is 11.9. The fraction of sp³-hybridized carbons (Fsp3) is 0.462. The van der Waals surface area contributed by atoms with Crippen LogP contribution < -0.4 is 14.2 Å². The molecule has 2 aromatic carbocycles. The fourth-order valence-electron chi connectivity index (χ4n) is 4.57. The van der Waals surface area contributed by atoms with Crippen LogP contribution in [-0.2, 0) is 20.7 Å². The van der Waals surface area contributed by atoms with E-state index in [2.05, 4.69) is 0 Å². The van der Waals surface area contributed by atoms with E-state index in [1.165, 1.54) is 38.5 Å². The van der Waals surface area contributed by atoms with Gasteiger partial charge in [-0.25, -0.2) is 0 Å². The average molecular weight is 535 g/mol. The second-order valence-electron chi connectivity index (χ2n) is 9.10. The maximum Gasteiger partial charge on any atom is 0.310 e. The van der Waals surface area contributed by atoms with E-state index in [-0.39, 0.29) is 47.4 Å². The summed E-state index contributed by atoms with van der Waals surface area (Å²) in [4.78, 5) is 25.9. The number of methoxy groups -OCH3 is 2. The third-order valence-electron chi connectivity index (χ3n) is 6.77. The Hall–Kier alpha value is -3.42. The van der Waals surface area contributed by atoms with Gasteiger partial charge in [-0.2, -0.15) is 0 Å². The van der Waals surface area contributed by atoms with E-state index in [9.17, 15) is 35.1 Å². The number of aliphatic hydroxyl groups excluding tert-OH is 4. The number of rotatable bonds is 9. The molecule has 206 valence electrons. The summed E-state index contributed by atoms with van der Waals surface area (Å²) in [6, 6.07) is 8.95. The number of Topliss-reactive ketones (excluding diaryl/α,β-unsaturated/α-hetero) is 1. The number of aromatic hydroxyl groups is 1. The van der Waals surface area contributed by atoms with Gasteiger partial charge < -0.3 is 49.2 Å². The Morgan fingerprint density at radius 1 is 0.974 bits per heavy atom. The van der Waals surface area contributed by atoms with E-state index in [1.54, 1.807) is 12.1 Å². The molecule has 12 nitrogen and oxygen atoms in total. The minimum Gasteiger partial charge on any atom is -0.504 e. The number of carbonyl (C=O) groups excluding carboxylic acids is 2. The molecule has 0 aromatic heterocycles. The van der Waals surface area contributed by atoms with Crippen LogP contribution in [0.4, 0.5) is 0 Å². The lowest BCUT2D eigenvalue weighted by Gasteiger charge is -2.39. The lowest BCUT2D eigenvalue weighted by Crippen LogP contribution is -2.60. The molecule has 0 radical (unpaired) electrons. The van der Waals surface area contributed by atoms with Crippen LogP contribution in [0.2, 0.25) is 0 Å². The molecule has 2 aromatic rings. The van der Waals surface area contributed by atoms with Gasteiger partial charge in [0.2, 0.25) is 6.29 Å². The fourth-order valence-corrected chi connectivity index (χ4v) is 4.57. The summed E-state index contributed by atoms with van der Waals surface area (Å²) < 4.78 is 26.7. The third kappa shape index (κ3) is 5.40. The number of benzene rings is 2. The number of phenols is 1. The first kappa shape index (κ1) is 27.6. The van der Waals surface area contributed by atoms with Crippen LogP contribution in [-0.4, -0.2) is 95.4 Å². The highest BCUT2D eigenvalue weighted by Crippen LogP contribution is 2.36. The van der Waals surface area contributed by atoms with E-state index in [4.69, 9.17) is 23.7 Å². The Morgan fingerprint density at radius 3 is 2.39 bits per heavy atom. The minimum absolute atomic E-state index is 0.0454. The number of hydrogen-bond donors (Lipinski definition) is 5. The van der Waals surface area contributed by atoms with Gasteiger partial charge in [-0.15, -0.1) is 0 Å². The lowest BCUT2D eigenvalue weighted by atomic mass is 9.84. The van der Waals surface area contributed by atoms with E-state index in [0.29, 0.717) is 5.56 Å². The van der Waals surface area contributed by atoms with Gasteiger partial charge in [-0.3, -0.25) is 9.59 Å². The number of aliphatic hydroxyl groups is 4. The second kappa shape index (κ2) is 11.5. The van der Waals surface area contributed by atoms with Crippen LogP contribution in [0.5, 0.6) is 23.0 Å². The first-order chi connectivity index (χ1) is 18.2. The Labute approximate surface area is 217 Å². The molecule has 0 unspecified atom stereocenters. The zero-order chi connectivity index (χ0) is 27.6. The molecule has 5 N–H and O–H groups in total. The molecule has 2 aliphatic rings. The summed E-state index contributed by atoms with van der Waals surface area (Å²) in [7, 11) is 2.75. The lowest BCUT2D eigenvalue weighted by molar-refractivity contribution is -0.277. The summed E-state index contributed by atoms with van der Waals surface area (Å²) in [5.74, 6) is -2.02. The van der Waals surface area contributed by atoms with E-state index in [0.717, 1.165) is 0 Å². The number of carbonyl (C=O) groups is 2. The summed E-state index contributed by atoms with van der Waals surface area (Å²) >= 11 is 0. The van der Waals surface area contributed by atoms with Crippen molar-refractivity contribution < 1.29 is 58.8 Å². The quantitative estimate of drug-likeness (QED) is 0.211. The van der Waals surface area contributed by atoms with Gasteiger partial charge in [-0.1, -0.05) is 6.07 Å². The van der Waals surface area contributed by atoms with E-state index < -0.39 is 55.1 Å². The highest BCUT2D eigenvalue weighted by atomic mass is 16.7. The largest absolute Gasteiger partial charge is 0.504 e. The van der Waals surface area contributed by atoms with Crippen LogP contribution >= 0.6 is 0 Å². The van der Waals surface area contributed by atoms with Crippen molar-refractivity contribution in [3.8, 4) is 23.0 Å². The molecular weight excluding hydrogens is 504 g/mol. The molecule has 7 atom stereocenters. The highest BCUT2D eigenvalue weighted by Gasteiger charge is 2.45. The Morgan fingerprint density at radius 2 is 1.71 bits per heavy atom. The molecule has 4 rings (SSSR count). The number of ketones is 1. The first-order valence-corrected chi connectivity index (χ1v) is 11.9. The van der Waals surface area contributed by atoms with Crippen LogP contribution in [0.3, 0.4) is 0 Å². The van der Waals surface area contributed by atoms with Gasteiger partial charge in [-0.05, 0) is 42.3 Å². The summed E-state index contributed by atoms with van der Waals surface area (Å²) in [5.41, 5.74) is 0.904. The van der Waals surface area contributed by atoms with Crippen LogP contribution in [0.25, 0.3) is 0 Å². The van der Waals surface area contributed by atoms with E-state index >= 15 is 0 Å². The maximum atomic E-state index is 13.4. The van der Waals surface area contributed by atoms with Crippen molar-refractivity contribution in [2.24, 2.45) is 11.8 Å². The molecule has 38 heavy (non-hydrogen) atoms. The zero-order valence-electron chi connectivity index (χ0n) is 20.7. The van der Waals surface area contributed by atoms with Crippen molar-refractivity contribution in [2.45, 2.75) is 37.1 Å². The molecule has 0 amide bonds. The number of hydrogen-bond acceptors (Lipinski definition) is 12. The molecular formula is C26H30O12. The molecule has 2 fully saturated rings. The standard InChI is InChI=1S/C26H30O12/c1-34-18-8-12(3-5-16(18)28)7-14-15(11-36-25(14)33)21(29)13-4-6-17(19(9-13)35-2)37-26-24(32)23(31)22(30)20(10-27)38-26/h3-6,8-9,14-15,20,22-24,26-28,30-32H,7,10-11H2,1-2H3/t14-,15+,20+,22+,23-,24+,26+/m0/s1. The predicted molar refractivity (Wildman–Crippen MR) is 128 cm³/mol. The minimum atomic E-state index is -1.63. The van der Waals surface area contributed by atoms with Crippen molar-refractivity contribution >= 4 is 11.8 Å². The average Bonchev–Trinajstić information content (AvgIpc) is 3.29. The van der Waals surface area contributed by atoms with Crippen LogP contribution in [0, 0.1) is 11.8 Å². The number of cyclic esters (lactones) is 1.